The lowest BCUT2D eigenvalue weighted by Crippen LogP contribution is -2.34. The lowest BCUT2D eigenvalue weighted by Gasteiger charge is -2.15. The molecule has 2 aromatic carbocycles. The van der Waals surface area contributed by atoms with E-state index in [0.29, 0.717) is 23.4 Å². The molecule has 1 amide bonds. The number of rotatable bonds is 4. The first-order valence-electron chi connectivity index (χ1n) is 8.86. The van der Waals surface area contributed by atoms with E-state index in [2.05, 4.69) is 15.7 Å². The fourth-order valence-corrected chi connectivity index (χ4v) is 3.54. The zero-order chi connectivity index (χ0) is 24.3. The molecule has 1 aromatic heterocycles. The number of benzene rings is 2. The van der Waals surface area contributed by atoms with E-state index < -0.39 is 17.6 Å². The number of amides is 1. The first kappa shape index (κ1) is 24.3. The van der Waals surface area contributed by atoms with Crippen molar-refractivity contribution in [2.75, 3.05) is 12.4 Å². The van der Waals surface area contributed by atoms with Crippen LogP contribution in [0.15, 0.2) is 42.5 Å². The molecular formula is C20H12Cl2F3N5O2S. The first-order chi connectivity index (χ1) is 15.5. The van der Waals surface area contributed by atoms with E-state index >= 15 is 0 Å². The van der Waals surface area contributed by atoms with Gasteiger partial charge in [0.15, 0.2) is 10.8 Å². The zero-order valence-corrected chi connectivity index (χ0v) is 18.8. The quantitative estimate of drug-likeness (QED) is 0.465. The second-order valence-corrected chi connectivity index (χ2v) is 7.58. The minimum Gasteiger partial charge on any atom is -0.497 e. The normalized spacial score (nSPS) is 10.9. The second-order valence-electron chi connectivity index (χ2n) is 6.36. The zero-order valence-electron chi connectivity index (χ0n) is 16.5. The molecule has 0 aliphatic heterocycles. The molecule has 33 heavy (non-hydrogen) atoms. The van der Waals surface area contributed by atoms with Gasteiger partial charge in [-0.25, -0.2) is 4.68 Å². The molecule has 3 rings (SSSR count). The summed E-state index contributed by atoms with van der Waals surface area (Å²) in [6, 6.07) is 10.7. The Kier molecular flexibility index (Phi) is 7.12. The minimum absolute atomic E-state index is 0.0372. The third-order valence-corrected chi connectivity index (χ3v) is 4.98. The predicted octanol–water partition coefficient (Wildman–Crippen LogP) is 5.20. The standard InChI is InChI=1S/C20H12Cl2F3N5O2S/c1-32-13-4-2-10(3-5-13)18(31)28-19(33)27-16-8-12(9-26)29-30(16)17-14(21)6-11(7-15(17)22)20(23,24)25/h2-8H,1H3,(H2,27,28,31,33). The Balaban J connectivity index is 1.88. The van der Waals surface area contributed by atoms with E-state index in [1.807, 2.05) is 0 Å². The molecule has 0 radical (unpaired) electrons. The molecule has 0 aliphatic carbocycles. The monoisotopic (exact) mass is 513 g/mol. The Morgan fingerprint density at radius 1 is 1.18 bits per heavy atom. The maximum absolute atomic E-state index is 13.0. The van der Waals surface area contributed by atoms with Crippen LogP contribution in [0.3, 0.4) is 0 Å². The number of nitrogens with zero attached hydrogens (tertiary/aromatic N) is 3. The number of nitrogens with one attached hydrogen (secondary N) is 2. The highest BCUT2D eigenvalue weighted by atomic mass is 35.5. The number of hydrogen-bond acceptors (Lipinski definition) is 5. The smallest absolute Gasteiger partial charge is 0.416 e. The van der Waals surface area contributed by atoms with Gasteiger partial charge in [-0.15, -0.1) is 0 Å². The van der Waals surface area contributed by atoms with Crippen LogP contribution in [0.25, 0.3) is 5.69 Å². The number of methoxy groups -OCH3 is 1. The predicted molar refractivity (Wildman–Crippen MR) is 120 cm³/mol. The fraction of sp³-hybridized carbons (Fsp3) is 0.100. The summed E-state index contributed by atoms with van der Waals surface area (Å²) in [5.74, 6) is 0.0629. The number of alkyl halides is 3. The van der Waals surface area contributed by atoms with Gasteiger partial charge in [0.2, 0.25) is 0 Å². The summed E-state index contributed by atoms with van der Waals surface area (Å²) in [5, 5.41) is 17.4. The lowest BCUT2D eigenvalue weighted by molar-refractivity contribution is -0.137. The number of hydrogen-bond donors (Lipinski definition) is 2. The van der Waals surface area contributed by atoms with Crippen molar-refractivity contribution in [3.8, 4) is 17.5 Å². The van der Waals surface area contributed by atoms with E-state index in [4.69, 9.17) is 40.2 Å². The average Bonchev–Trinajstić information content (AvgIpc) is 3.14. The van der Waals surface area contributed by atoms with Gasteiger partial charge < -0.3 is 10.1 Å². The van der Waals surface area contributed by atoms with Crippen molar-refractivity contribution in [3.63, 3.8) is 0 Å². The summed E-state index contributed by atoms with van der Waals surface area (Å²) in [4.78, 5) is 12.4. The van der Waals surface area contributed by atoms with Crippen LogP contribution < -0.4 is 15.4 Å². The van der Waals surface area contributed by atoms with Crippen molar-refractivity contribution < 1.29 is 22.7 Å². The molecule has 0 bridgehead atoms. The Hall–Kier alpha value is -3.33. The van der Waals surface area contributed by atoms with Crippen LogP contribution >= 0.6 is 35.4 Å². The highest BCUT2D eigenvalue weighted by Crippen LogP contribution is 2.38. The van der Waals surface area contributed by atoms with Crippen LogP contribution in [0.2, 0.25) is 10.0 Å². The number of anilines is 1. The maximum Gasteiger partial charge on any atom is 0.416 e. The van der Waals surface area contributed by atoms with Crippen molar-refractivity contribution in [1.82, 2.24) is 15.1 Å². The van der Waals surface area contributed by atoms with Crippen LogP contribution in [0.4, 0.5) is 19.0 Å². The molecule has 7 nitrogen and oxygen atoms in total. The second kappa shape index (κ2) is 9.66. The largest absolute Gasteiger partial charge is 0.497 e. The number of ether oxygens (including phenoxy) is 1. The molecule has 0 atom stereocenters. The molecule has 1 heterocycles. The van der Waals surface area contributed by atoms with E-state index in [1.165, 1.54) is 25.3 Å². The van der Waals surface area contributed by atoms with Gasteiger partial charge in [-0.1, -0.05) is 23.2 Å². The van der Waals surface area contributed by atoms with Gasteiger partial charge in [0, 0.05) is 11.6 Å². The molecule has 0 aliphatic rings. The van der Waals surface area contributed by atoms with Gasteiger partial charge in [-0.3, -0.25) is 10.1 Å². The van der Waals surface area contributed by atoms with Gasteiger partial charge in [-0.05, 0) is 48.6 Å². The van der Waals surface area contributed by atoms with E-state index in [0.717, 1.165) is 4.68 Å². The summed E-state index contributed by atoms with van der Waals surface area (Å²) in [5.41, 5.74) is -0.973. The molecule has 0 saturated carbocycles. The fourth-order valence-electron chi connectivity index (χ4n) is 2.69. The van der Waals surface area contributed by atoms with Crippen LogP contribution in [0.5, 0.6) is 5.75 Å². The van der Waals surface area contributed by atoms with Gasteiger partial charge in [0.05, 0.1) is 22.7 Å². The van der Waals surface area contributed by atoms with E-state index in [1.54, 1.807) is 18.2 Å². The molecule has 0 saturated heterocycles. The Morgan fingerprint density at radius 2 is 1.79 bits per heavy atom. The average molecular weight is 514 g/mol. The van der Waals surface area contributed by atoms with E-state index in [-0.39, 0.29) is 32.4 Å². The number of thiocarbonyl (C=S) groups is 1. The molecule has 170 valence electrons. The van der Waals surface area contributed by atoms with E-state index in [9.17, 15) is 23.2 Å². The molecule has 2 N–H and O–H groups in total. The summed E-state index contributed by atoms with van der Waals surface area (Å²) < 4.78 is 45.2. The maximum atomic E-state index is 13.0. The van der Waals surface area contributed by atoms with Gasteiger partial charge in [0.1, 0.15) is 23.3 Å². The number of nitriles is 1. The molecule has 3 aromatic rings. The van der Waals surface area contributed by atoms with Crippen molar-refractivity contribution in [2.24, 2.45) is 0 Å². The van der Waals surface area contributed by atoms with Crippen molar-refractivity contribution >= 4 is 52.3 Å². The van der Waals surface area contributed by atoms with Gasteiger partial charge >= 0.3 is 6.18 Å². The summed E-state index contributed by atoms with van der Waals surface area (Å²) in [6.07, 6.45) is -4.66. The highest BCUT2D eigenvalue weighted by Gasteiger charge is 2.32. The Bertz CT molecular complexity index is 1250. The number of aromatic nitrogens is 2. The van der Waals surface area contributed by atoms with Crippen molar-refractivity contribution in [1.29, 1.82) is 5.26 Å². The van der Waals surface area contributed by atoms with Crippen molar-refractivity contribution in [3.05, 3.63) is 69.3 Å². The van der Waals surface area contributed by atoms with Crippen LogP contribution in [0, 0.1) is 11.3 Å². The van der Waals surface area contributed by atoms with Crippen LogP contribution in [0.1, 0.15) is 21.6 Å². The topological polar surface area (TPSA) is 92.0 Å². The lowest BCUT2D eigenvalue weighted by atomic mass is 10.2. The molecule has 13 heteroatoms. The Labute approximate surface area is 200 Å². The summed E-state index contributed by atoms with van der Waals surface area (Å²) in [6.45, 7) is 0. The first-order valence-corrected chi connectivity index (χ1v) is 10.0. The third-order valence-electron chi connectivity index (χ3n) is 4.20. The summed E-state index contributed by atoms with van der Waals surface area (Å²) >= 11 is 17.3. The molecule has 0 unspecified atom stereocenters. The molecular weight excluding hydrogens is 502 g/mol. The minimum atomic E-state index is -4.66. The van der Waals surface area contributed by atoms with Crippen molar-refractivity contribution in [2.45, 2.75) is 6.18 Å². The summed E-state index contributed by atoms with van der Waals surface area (Å²) in [7, 11) is 1.49. The SMILES string of the molecule is COc1ccc(C(=O)NC(=S)Nc2cc(C#N)nn2-c2c(Cl)cc(C(F)(F)F)cc2Cl)cc1. The molecule has 0 spiro atoms. The van der Waals surface area contributed by atoms with Gasteiger partial charge in [-0.2, -0.15) is 23.5 Å². The van der Waals surface area contributed by atoms with Crippen LogP contribution in [-0.4, -0.2) is 27.9 Å². The number of carbonyl (C=O) groups excluding carboxylic acids is 1. The Morgan fingerprint density at radius 3 is 2.30 bits per heavy atom. The third kappa shape index (κ3) is 5.54. The number of carbonyl (C=O) groups is 1. The highest BCUT2D eigenvalue weighted by molar-refractivity contribution is 7.80. The number of halogens is 5. The molecule has 0 fully saturated rings. The van der Waals surface area contributed by atoms with Gasteiger partial charge in [0.25, 0.3) is 5.91 Å². The van der Waals surface area contributed by atoms with Crippen LogP contribution in [-0.2, 0) is 6.18 Å².